The number of ether oxygens (including phenoxy) is 1. The summed E-state index contributed by atoms with van der Waals surface area (Å²) in [5, 5.41) is 8.60. The van der Waals surface area contributed by atoms with Crippen molar-refractivity contribution in [3.05, 3.63) is 71.3 Å². The van der Waals surface area contributed by atoms with E-state index in [2.05, 4.69) is 0 Å². The number of aryl methyl sites for hydroxylation is 1. The van der Waals surface area contributed by atoms with Gasteiger partial charge in [0.1, 0.15) is 12.4 Å². The third kappa shape index (κ3) is 3.99. The van der Waals surface area contributed by atoms with Crippen molar-refractivity contribution in [2.45, 2.75) is 13.5 Å². The standard InChI is InChI=1S/C17H16O3/c1-13-11-14(8-10-17(18)19)7-9-16(13)20-12-15-5-3-2-4-6-15/h2-11H,12H2,1H3,(H,18,19). The second kappa shape index (κ2) is 6.57. The Morgan fingerprint density at radius 3 is 2.60 bits per heavy atom. The number of carbonyl (C=O) groups is 1. The molecule has 0 unspecified atom stereocenters. The normalized spacial score (nSPS) is 10.7. The summed E-state index contributed by atoms with van der Waals surface area (Å²) in [5.41, 5.74) is 2.94. The molecule has 3 nitrogen and oxygen atoms in total. The number of hydrogen-bond acceptors (Lipinski definition) is 2. The second-order valence-electron chi connectivity index (χ2n) is 4.47. The van der Waals surface area contributed by atoms with E-state index in [-0.39, 0.29) is 0 Å². The molecule has 0 radical (unpaired) electrons. The molecule has 0 heterocycles. The quantitative estimate of drug-likeness (QED) is 0.841. The third-order valence-corrected chi connectivity index (χ3v) is 2.85. The molecule has 0 aromatic heterocycles. The van der Waals surface area contributed by atoms with Gasteiger partial charge in [-0.2, -0.15) is 0 Å². The fraction of sp³-hybridized carbons (Fsp3) is 0.118. The van der Waals surface area contributed by atoms with E-state index in [9.17, 15) is 4.79 Å². The van der Waals surface area contributed by atoms with Crippen LogP contribution in [-0.2, 0) is 11.4 Å². The van der Waals surface area contributed by atoms with Crippen LogP contribution in [0.5, 0.6) is 5.75 Å². The Morgan fingerprint density at radius 2 is 1.95 bits per heavy atom. The minimum absolute atomic E-state index is 0.520. The van der Waals surface area contributed by atoms with Crippen LogP contribution in [0.1, 0.15) is 16.7 Å². The van der Waals surface area contributed by atoms with Crippen molar-refractivity contribution < 1.29 is 14.6 Å². The lowest BCUT2D eigenvalue weighted by Crippen LogP contribution is -1.97. The van der Waals surface area contributed by atoms with Gasteiger partial charge in [0.2, 0.25) is 0 Å². The van der Waals surface area contributed by atoms with E-state index in [0.717, 1.165) is 28.5 Å². The second-order valence-corrected chi connectivity index (χ2v) is 4.47. The van der Waals surface area contributed by atoms with Crippen LogP contribution in [0.25, 0.3) is 6.08 Å². The SMILES string of the molecule is Cc1cc(C=CC(=O)O)ccc1OCc1ccccc1. The van der Waals surface area contributed by atoms with Gasteiger partial charge in [0, 0.05) is 6.08 Å². The van der Waals surface area contributed by atoms with Crippen LogP contribution in [0, 0.1) is 6.92 Å². The molecule has 2 aromatic rings. The average molecular weight is 268 g/mol. The zero-order valence-electron chi connectivity index (χ0n) is 11.2. The summed E-state index contributed by atoms with van der Waals surface area (Å²) in [4.78, 5) is 10.5. The van der Waals surface area contributed by atoms with Crippen LogP contribution in [0.2, 0.25) is 0 Å². The molecule has 0 fully saturated rings. The summed E-state index contributed by atoms with van der Waals surface area (Å²) in [6.07, 6.45) is 2.69. The molecule has 0 amide bonds. The van der Waals surface area contributed by atoms with Crippen molar-refractivity contribution in [2.75, 3.05) is 0 Å². The average Bonchev–Trinajstić information content (AvgIpc) is 2.45. The smallest absolute Gasteiger partial charge is 0.328 e. The van der Waals surface area contributed by atoms with Crippen LogP contribution < -0.4 is 4.74 Å². The number of aliphatic carboxylic acids is 1. The van der Waals surface area contributed by atoms with Crippen molar-refractivity contribution >= 4 is 12.0 Å². The van der Waals surface area contributed by atoms with E-state index in [1.807, 2.05) is 55.5 Å². The summed E-state index contributed by atoms with van der Waals surface area (Å²) in [6.45, 7) is 2.46. The summed E-state index contributed by atoms with van der Waals surface area (Å²) in [5.74, 6) is -0.145. The molecule has 2 rings (SSSR count). The lowest BCUT2D eigenvalue weighted by molar-refractivity contribution is -0.131. The molecule has 0 bridgehead atoms. The maximum absolute atomic E-state index is 10.5. The molecule has 0 aliphatic carbocycles. The van der Waals surface area contributed by atoms with Gasteiger partial charge in [-0.15, -0.1) is 0 Å². The van der Waals surface area contributed by atoms with Crippen molar-refractivity contribution in [1.29, 1.82) is 0 Å². The van der Waals surface area contributed by atoms with E-state index in [0.29, 0.717) is 6.61 Å². The highest BCUT2D eigenvalue weighted by atomic mass is 16.5. The molecule has 3 heteroatoms. The highest BCUT2D eigenvalue weighted by molar-refractivity contribution is 5.85. The zero-order chi connectivity index (χ0) is 14.4. The summed E-state index contributed by atoms with van der Waals surface area (Å²) in [6, 6.07) is 15.6. The van der Waals surface area contributed by atoms with Gasteiger partial charge in [-0.25, -0.2) is 4.79 Å². The molecule has 0 saturated heterocycles. The van der Waals surface area contributed by atoms with Crippen LogP contribution in [0.3, 0.4) is 0 Å². The van der Waals surface area contributed by atoms with Crippen LogP contribution in [-0.4, -0.2) is 11.1 Å². The van der Waals surface area contributed by atoms with Crippen molar-refractivity contribution in [3.8, 4) is 5.75 Å². The molecule has 0 spiro atoms. The minimum atomic E-state index is -0.952. The Kier molecular flexibility index (Phi) is 4.56. The maximum atomic E-state index is 10.5. The number of hydrogen-bond donors (Lipinski definition) is 1. The molecule has 102 valence electrons. The lowest BCUT2D eigenvalue weighted by atomic mass is 10.1. The maximum Gasteiger partial charge on any atom is 0.328 e. The Balaban J connectivity index is 2.04. The highest BCUT2D eigenvalue weighted by Crippen LogP contribution is 2.21. The van der Waals surface area contributed by atoms with Gasteiger partial charge in [0.05, 0.1) is 0 Å². The molecule has 0 saturated carbocycles. The van der Waals surface area contributed by atoms with Crippen molar-refractivity contribution in [3.63, 3.8) is 0 Å². The van der Waals surface area contributed by atoms with E-state index < -0.39 is 5.97 Å². The first-order valence-corrected chi connectivity index (χ1v) is 6.33. The predicted octanol–water partition coefficient (Wildman–Crippen LogP) is 3.67. The molecular weight excluding hydrogens is 252 g/mol. The summed E-state index contributed by atoms with van der Waals surface area (Å²) < 4.78 is 5.76. The fourth-order valence-corrected chi connectivity index (χ4v) is 1.84. The largest absolute Gasteiger partial charge is 0.489 e. The molecule has 20 heavy (non-hydrogen) atoms. The highest BCUT2D eigenvalue weighted by Gasteiger charge is 2.01. The number of benzene rings is 2. The third-order valence-electron chi connectivity index (χ3n) is 2.85. The van der Waals surface area contributed by atoms with Gasteiger partial charge in [0.15, 0.2) is 0 Å². The predicted molar refractivity (Wildman–Crippen MR) is 78.6 cm³/mol. The van der Waals surface area contributed by atoms with E-state index in [1.54, 1.807) is 6.08 Å². The monoisotopic (exact) mass is 268 g/mol. The van der Waals surface area contributed by atoms with E-state index in [1.165, 1.54) is 0 Å². The topological polar surface area (TPSA) is 46.5 Å². The first-order valence-electron chi connectivity index (χ1n) is 6.33. The molecule has 1 N–H and O–H groups in total. The van der Waals surface area contributed by atoms with Gasteiger partial charge in [-0.05, 0) is 41.8 Å². The number of rotatable bonds is 5. The van der Waals surface area contributed by atoms with Crippen LogP contribution >= 0.6 is 0 Å². The Hall–Kier alpha value is -2.55. The number of carboxylic acids is 1. The Bertz CT molecular complexity index is 615. The summed E-state index contributed by atoms with van der Waals surface area (Å²) in [7, 11) is 0. The van der Waals surface area contributed by atoms with Gasteiger partial charge in [0.25, 0.3) is 0 Å². The fourth-order valence-electron chi connectivity index (χ4n) is 1.84. The van der Waals surface area contributed by atoms with Crippen LogP contribution in [0.4, 0.5) is 0 Å². The lowest BCUT2D eigenvalue weighted by Gasteiger charge is -2.09. The molecule has 0 aliphatic heterocycles. The molecule has 0 aliphatic rings. The van der Waals surface area contributed by atoms with E-state index >= 15 is 0 Å². The van der Waals surface area contributed by atoms with Gasteiger partial charge >= 0.3 is 5.97 Å². The Labute approximate surface area is 118 Å². The first kappa shape index (κ1) is 13.9. The van der Waals surface area contributed by atoms with Crippen molar-refractivity contribution in [2.24, 2.45) is 0 Å². The molecule has 0 atom stereocenters. The van der Waals surface area contributed by atoms with Crippen LogP contribution in [0.15, 0.2) is 54.6 Å². The van der Waals surface area contributed by atoms with Gasteiger partial charge in [-0.3, -0.25) is 0 Å². The van der Waals surface area contributed by atoms with E-state index in [4.69, 9.17) is 9.84 Å². The van der Waals surface area contributed by atoms with Gasteiger partial charge < -0.3 is 9.84 Å². The minimum Gasteiger partial charge on any atom is -0.489 e. The summed E-state index contributed by atoms with van der Waals surface area (Å²) >= 11 is 0. The van der Waals surface area contributed by atoms with Crippen molar-refractivity contribution in [1.82, 2.24) is 0 Å². The van der Waals surface area contributed by atoms with Gasteiger partial charge in [-0.1, -0.05) is 36.4 Å². The molecule has 2 aromatic carbocycles. The zero-order valence-corrected chi connectivity index (χ0v) is 11.2. The molecular formula is C17H16O3. The Morgan fingerprint density at radius 1 is 1.20 bits per heavy atom. The number of carboxylic acid groups (broad SMARTS) is 1. The first-order chi connectivity index (χ1) is 9.65.